The van der Waals surface area contributed by atoms with Gasteiger partial charge in [-0.3, -0.25) is 9.59 Å². The average molecular weight is 453 g/mol. The standard InChI is InChI=1S/C25H40O7/c1-5-14(2)25(31)32-22-11-18(16(4)26)10-17-7-6-15(3)21(24(17)22)9-8-19(27)12-20(28)13-23(29)30/h6-7,10,14-16,18-22,24,26-28H,5,8-9,11-13H2,1-4H3,(H,29,30)/t14?,15-,16?,18-,19+,20+,21-,22-,24-/m0/s1. The molecule has 0 aliphatic heterocycles. The van der Waals surface area contributed by atoms with E-state index in [9.17, 15) is 24.9 Å². The van der Waals surface area contributed by atoms with Crippen LogP contribution in [-0.4, -0.2) is 56.8 Å². The van der Waals surface area contributed by atoms with Crippen molar-refractivity contribution in [1.29, 1.82) is 0 Å². The highest BCUT2D eigenvalue weighted by Gasteiger charge is 2.43. The van der Waals surface area contributed by atoms with Crippen LogP contribution in [0.3, 0.4) is 0 Å². The van der Waals surface area contributed by atoms with Crippen LogP contribution in [0.4, 0.5) is 0 Å². The second kappa shape index (κ2) is 12.0. The second-order valence-corrected chi connectivity index (χ2v) is 9.72. The van der Waals surface area contributed by atoms with Gasteiger partial charge in [0.2, 0.25) is 0 Å². The SMILES string of the molecule is CCC(C)C(=O)O[C@H]1C[C@@H](C(C)O)C=C2C=C[C@H](C)[C@H](CC[C@@H](O)C[C@@H](O)CC(=O)O)[C@H]21. The number of hydrogen-bond acceptors (Lipinski definition) is 6. The Morgan fingerprint density at radius 1 is 1.19 bits per heavy atom. The Morgan fingerprint density at radius 3 is 2.47 bits per heavy atom. The molecule has 0 saturated carbocycles. The molecule has 0 spiro atoms. The van der Waals surface area contributed by atoms with Crippen LogP contribution in [0.1, 0.15) is 66.2 Å². The largest absolute Gasteiger partial charge is 0.481 e. The van der Waals surface area contributed by atoms with Crippen LogP contribution >= 0.6 is 0 Å². The Labute approximate surface area is 191 Å². The minimum atomic E-state index is -1.09. The van der Waals surface area contributed by atoms with Crippen LogP contribution in [0.5, 0.6) is 0 Å². The van der Waals surface area contributed by atoms with Crippen molar-refractivity contribution in [3.05, 3.63) is 23.8 Å². The molecular formula is C25H40O7. The average Bonchev–Trinajstić information content (AvgIpc) is 2.71. The number of aliphatic hydroxyl groups excluding tert-OH is 3. The molecule has 4 N–H and O–H groups in total. The first-order valence-electron chi connectivity index (χ1n) is 11.9. The number of esters is 1. The van der Waals surface area contributed by atoms with Gasteiger partial charge < -0.3 is 25.2 Å². The molecule has 7 heteroatoms. The summed E-state index contributed by atoms with van der Waals surface area (Å²) in [7, 11) is 0. The molecular weight excluding hydrogens is 412 g/mol. The smallest absolute Gasteiger partial charge is 0.308 e. The Kier molecular flexibility index (Phi) is 9.92. The zero-order valence-corrected chi connectivity index (χ0v) is 19.7. The summed E-state index contributed by atoms with van der Waals surface area (Å²) in [4.78, 5) is 23.4. The lowest BCUT2D eigenvalue weighted by Crippen LogP contribution is -2.43. The molecule has 0 aromatic heterocycles. The van der Waals surface area contributed by atoms with Crippen molar-refractivity contribution >= 4 is 11.9 Å². The van der Waals surface area contributed by atoms with Gasteiger partial charge in [0.1, 0.15) is 6.10 Å². The number of carbonyl (C=O) groups excluding carboxylic acids is 1. The topological polar surface area (TPSA) is 124 Å². The summed E-state index contributed by atoms with van der Waals surface area (Å²) in [6.07, 6.45) is 5.49. The first-order chi connectivity index (χ1) is 15.0. The van der Waals surface area contributed by atoms with Gasteiger partial charge in [0.25, 0.3) is 0 Å². The van der Waals surface area contributed by atoms with E-state index in [0.717, 1.165) is 5.57 Å². The quantitative estimate of drug-likeness (QED) is 0.355. The predicted octanol–water partition coefficient (Wildman–Crippen LogP) is 3.08. The third-order valence-corrected chi connectivity index (χ3v) is 7.11. The van der Waals surface area contributed by atoms with Crippen molar-refractivity contribution in [3.63, 3.8) is 0 Å². The van der Waals surface area contributed by atoms with Crippen molar-refractivity contribution in [2.45, 2.75) is 90.6 Å². The molecule has 32 heavy (non-hydrogen) atoms. The lowest BCUT2D eigenvalue weighted by molar-refractivity contribution is -0.159. The summed E-state index contributed by atoms with van der Waals surface area (Å²) in [5, 5.41) is 39.2. The highest BCUT2D eigenvalue weighted by molar-refractivity contribution is 5.72. The van der Waals surface area contributed by atoms with E-state index >= 15 is 0 Å². The molecule has 2 aliphatic rings. The highest BCUT2D eigenvalue weighted by atomic mass is 16.5. The van der Waals surface area contributed by atoms with E-state index in [1.807, 2.05) is 13.8 Å². The lowest BCUT2D eigenvalue weighted by atomic mass is 9.64. The molecule has 2 aliphatic carbocycles. The van der Waals surface area contributed by atoms with Gasteiger partial charge in [0, 0.05) is 11.8 Å². The molecule has 2 rings (SSSR count). The summed E-state index contributed by atoms with van der Waals surface area (Å²) in [6, 6.07) is 0. The molecule has 0 heterocycles. The number of rotatable bonds is 11. The van der Waals surface area contributed by atoms with Gasteiger partial charge in [-0.25, -0.2) is 0 Å². The minimum absolute atomic E-state index is 0.0193. The van der Waals surface area contributed by atoms with Crippen LogP contribution in [0.2, 0.25) is 0 Å². The summed E-state index contributed by atoms with van der Waals surface area (Å²) in [6.45, 7) is 7.66. The predicted molar refractivity (Wildman–Crippen MR) is 121 cm³/mol. The zero-order valence-electron chi connectivity index (χ0n) is 19.7. The number of aliphatic carboxylic acids is 1. The fourth-order valence-corrected chi connectivity index (χ4v) is 4.91. The van der Waals surface area contributed by atoms with Crippen molar-refractivity contribution in [3.8, 4) is 0 Å². The lowest BCUT2D eigenvalue weighted by Gasteiger charge is -2.44. The molecule has 0 amide bonds. The zero-order chi connectivity index (χ0) is 24.0. The summed E-state index contributed by atoms with van der Waals surface area (Å²) in [5.41, 5.74) is 1.06. The van der Waals surface area contributed by atoms with Crippen molar-refractivity contribution in [2.24, 2.45) is 29.6 Å². The van der Waals surface area contributed by atoms with Crippen LogP contribution in [0.25, 0.3) is 0 Å². The van der Waals surface area contributed by atoms with Crippen molar-refractivity contribution in [1.82, 2.24) is 0 Å². The maximum absolute atomic E-state index is 12.6. The first kappa shape index (κ1) is 26.6. The molecule has 0 fully saturated rings. The molecule has 9 atom stereocenters. The van der Waals surface area contributed by atoms with Crippen molar-refractivity contribution in [2.75, 3.05) is 0 Å². The van der Waals surface area contributed by atoms with Crippen LogP contribution in [0, 0.1) is 29.6 Å². The summed E-state index contributed by atoms with van der Waals surface area (Å²) < 4.78 is 6.00. The fraction of sp³-hybridized carbons (Fsp3) is 0.760. The van der Waals surface area contributed by atoms with E-state index in [1.165, 1.54) is 0 Å². The summed E-state index contributed by atoms with van der Waals surface area (Å²) >= 11 is 0. The van der Waals surface area contributed by atoms with E-state index < -0.39 is 24.3 Å². The number of ether oxygens (including phenoxy) is 1. The molecule has 7 nitrogen and oxygen atoms in total. The number of fused-ring (bicyclic) bond motifs is 1. The van der Waals surface area contributed by atoms with E-state index in [1.54, 1.807) is 6.92 Å². The second-order valence-electron chi connectivity index (χ2n) is 9.72. The van der Waals surface area contributed by atoms with Crippen LogP contribution in [-0.2, 0) is 14.3 Å². The molecule has 0 aromatic carbocycles. The molecule has 0 radical (unpaired) electrons. The Morgan fingerprint density at radius 2 is 1.88 bits per heavy atom. The number of carboxylic acids is 1. The maximum Gasteiger partial charge on any atom is 0.308 e. The molecule has 0 saturated heterocycles. The number of hydrogen-bond donors (Lipinski definition) is 4. The number of allylic oxidation sites excluding steroid dienone is 2. The van der Waals surface area contributed by atoms with Gasteiger partial charge in [0.15, 0.2) is 0 Å². The fourth-order valence-electron chi connectivity index (χ4n) is 4.91. The van der Waals surface area contributed by atoms with Crippen molar-refractivity contribution < 1.29 is 34.8 Å². The van der Waals surface area contributed by atoms with Gasteiger partial charge in [-0.1, -0.05) is 39.0 Å². The van der Waals surface area contributed by atoms with Gasteiger partial charge >= 0.3 is 11.9 Å². The molecule has 0 aromatic rings. The van der Waals surface area contributed by atoms with Gasteiger partial charge in [-0.15, -0.1) is 0 Å². The van der Waals surface area contributed by atoms with E-state index in [2.05, 4.69) is 25.2 Å². The monoisotopic (exact) mass is 452 g/mol. The van der Waals surface area contributed by atoms with Gasteiger partial charge in [0.05, 0.1) is 30.7 Å². The van der Waals surface area contributed by atoms with Crippen LogP contribution < -0.4 is 0 Å². The van der Waals surface area contributed by atoms with Crippen LogP contribution in [0.15, 0.2) is 23.8 Å². The third kappa shape index (κ3) is 7.15. The Bertz CT molecular complexity index is 698. The Balaban J connectivity index is 2.17. The number of carbonyl (C=O) groups is 2. The maximum atomic E-state index is 12.6. The minimum Gasteiger partial charge on any atom is -0.481 e. The van der Waals surface area contributed by atoms with E-state index in [0.29, 0.717) is 25.7 Å². The van der Waals surface area contributed by atoms with E-state index in [4.69, 9.17) is 9.84 Å². The summed E-state index contributed by atoms with van der Waals surface area (Å²) in [5.74, 6) is -1.28. The number of carboxylic acid groups (broad SMARTS) is 1. The number of aliphatic hydroxyl groups is 3. The normalized spacial score (nSPS) is 31.1. The molecule has 182 valence electrons. The molecule has 0 bridgehead atoms. The third-order valence-electron chi connectivity index (χ3n) is 7.11. The Hall–Kier alpha value is -1.70. The highest BCUT2D eigenvalue weighted by Crippen LogP contribution is 2.45. The van der Waals surface area contributed by atoms with E-state index in [-0.39, 0.29) is 54.5 Å². The van der Waals surface area contributed by atoms with Gasteiger partial charge in [-0.2, -0.15) is 0 Å². The first-order valence-corrected chi connectivity index (χ1v) is 11.9. The van der Waals surface area contributed by atoms with Gasteiger partial charge in [-0.05, 0) is 56.4 Å². The molecule has 2 unspecified atom stereocenters.